The zero-order chi connectivity index (χ0) is 125. The lowest BCUT2D eigenvalue weighted by Crippen LogP contribution is -2.10. The highest BCUT2D eigenvalue weighted by Crippen LogP contribution is 2.52. The van der Waals surface area contributed by atoms with Crippen LogP contribution in [0.3, 0.4) is 0 Å². The van der Waals surface area contributed by atoms with E-state index in [4.69, 9.17) is 46.1 Å². The van der Waals surface area contributed by atoms with Gasteiger partial charge in [-0.25, -0.2) is 0 Å². The van der Waals surface area contributed by atoms with E-state index >= 15 is 0 Å². The number of furan rings is 3. The van der Waals surface area contributed by atoms with Crippen molar-refractivity contribution in [2.24, 2.45) is 0 Å². The van der Waals surface area contributed by atoms with Crippen molar-refractivity contribution in [3.8, 4) is 77.9 Å². The first kappa shape index (κ1) is 56.7. The van der Waals surface area contributed by atoms with Gasteiger partial charge in [0.1, 0.15) is 33.5 Å². The van der Waals surface area contributed by atoms with Crippen molar-refractivity contribution in [1.29, 1.82) is 0 Å². The molecule has 3 heterocycles. The van der Waals surface area contributed by atoms with Crippen molar-refractivity contribution >= 4 is 182 Å². The Morgan fingerprint density at radius 1 is 0.153 bits per heavy atom. The summed E-state index contributed by atoms with van der Waals surface area (Å²) in [4.78, 5) is 5.01. The number of para-hydroxylation sites is 3. The van der Waals surface area contributed by atoms with Crippen LogP contribution in [-0.4, -0.2) is 0 Å². The number of nitrogens with zero attached hydrogens (tertiary/aromatic N) is 3. The third-order valence-corrected chi connectivity index (χ3v) is 25.9. The summed E-state index contributed by atoms with van der Waals surface area (Å²) in [6, 6.07) is 90.4. The minimum Gasteiger partial charge on any atom is -0.455 e. The van der Waals surface area contributed by atoms with Gasteiger partial charge in [-0.3, -0.25) is 0 Å². The van der Waals surface area contributed by atoms with E-state index in [-0.39, 0.29) is 29.7 Å². The summed E-state index contributed by atoms with van der Waals surface area (Å²) in [6.07, 6.45) is 0. The van der Waals surface area contributed by atoms with Crippen LogP contribution in [0.25, 0.3) is 208 Å². The lowest BCUT2D eigenvalue weighted by molar-refractivity contribution is 0.672. The molecule has 0 unspecified atom stereocenters. The third kappa shape index (κ3) is 15.8. The molecular formula is C138H91N3O3. The van der Waals surface area contributed by atoms with Gasteiger partial charge in [-0.05, 0) is 214 Å². The highest BCUT2D eigenvalue weighted by molar-refractivity contribution is 6.24. The smallest absolute Gasteiger partial charge is 0.143 e. The highest BCUT2D eigenvalue weighted by atomic mass is 16.3. The third-order valence-electron chi connectivity index (χ3n) is 25.9. The topological polar surface area (TPSA) is 49.1 Å². The molecule has 25 aromatic carbocycles. The Morgan fingerprint density at radius 2 is 0.507 bits per heavy atom. The summed E-state index contributed by atoms with van der Waals surface area (Å²) in [6.45, 7) is 0. The van der Waals surface area contributed by atoms with Gasteiger partial charge in [-0.1, -0.05) is 442 Å². The summed E-state index contributed by atoms with van der Waals surface area (Å²) in [7, 11) is 0. The molecule has 28 rings (SSSR count). The van der Waals surface area contributed by atoms with Gasteiger partial charge >= 0.3 is 0 Å². The van der Waals surface area contributed by atoms with Crippen LogP contribution in [0.2, 0.25) is 0 Å². The first-order chi connectivity index (χ1) is 85.6. The second kappa shape index (κ2) is 37.0. The number of rotatable bonds is 16. The standard InChI is InChI=1S/C50H33NO.2C44H29NO/c1-3-13-34(14-4-1)35-25-29-39(30-26-35)51(40-31-27-38(28-32-40)42-22-11-18-36-17-7-8-19-41(36)42)48-33-47-46-24-12-23-43(37-15-5-2-6-16-37)49(46)52-50(47)45-21-10-9-20-44(45)48;1-2-11-30(12-3-1)31-21-25-34(26-22-31)45(35-27-23-33(24-28-35)37-19-10-14-32-13-4-5-15-36(32)37)42-29-41-39-17-8-9-20-43(39)46-44(41)40-18-7-6-16-38(40)42;1-2-10-30(11-3-1)32-20-24-36(25-21-32)45(37-26-22-33(23-27-37)35-19-18-31-12-4-5-13-34(31)28-35)42-29-41-39-15-8-9-17-43(39)46-44(41)40-16-7-6-14-38(40)42/h1-33H;2*1-29H/i;1D,2D,3D,11D,12D;1D,2D,3D,4D,5D,6D,7D,8D,9D,10D,11D,12D,13D,14D,15D,16D,17D,18D,19D,20D,21D,22D,23D,24D,25D,26D,27D,28D,29D. The summed E-state index contributed by atoms with van der Waals surface area (Å²) < 4.78 is 319. The SMILES string of the molecule is [2H]c1c([2H])c([2H])c(-c2c([2H])c([2H])c(N(c3c([2H])c([2H])c(-c4c([2H])c([2H])c5c([2H])c([2H])c([2H])c([2H])c5c4[2H])c([2H])c3[2H])c3c([2H])c4c(oc5c([2H])c([2H])c([2H])c([2H])c54)c4c([2H])c([2H])c([2H])c([2H])c34)c([2H])c2[2H])c([2H])c1[2H].[2H]c1c([2H])c([2H])c(-c2ccc(N(c3ccc(-c4cccc5ccccc45)cc3)c3cc4c5ccccc5oc4c4ccccc34)cc2)c([2H])c1[2H].c1ccc(-c2ccc(N(c3ccc(-c4cccc5ccccc45)cc3)c3cc4c5cccc(-c6ccccc6)c5oc4c4ccccc34)cc2)cc1. The minimum atomic E-state index is -1.27. The number of fused-ring (bicyclic) bond motifs is 18. The predicted octanol–water partition coefficient (Wildman–Crippen LogP) is 39.8. The van der Waals surface area contributed by atoms with Gasteiger partial charge < -0.3 is 28.0 Å². The molecule has 0 aliphatic carbocycles. The molecule has 0 radical (unpaired) electrons. The fraction of sp³-hybridized carbons (Fsp3) is 0. The molecule has 28 aromatic rings. The normalized spacial score (nSPS) is 14.8. The summed E-state index contributed by atoms with van der Waals surface area (Å²) in [5, 5.41) is 9.42. The number of benzene rings is 25. The van der Waals surface area contributed by atoms with Gasteiger partial charge in [0.15, 0.2) is 0 Å². The van der Waals surface area contributed by atoms with Gasteiger partial charge in [-0.2, -0.15) is 0 Å². The molecule has 0 bridgehead atoms. The molecule has 0 spiro atoms. The molecule has 0 atom stereocenters. The molecule has 0 amide bonds. The Labute approximate surface area is 881 Å². The summed E-state index contributed by atoms with van der Waals surface area (Å²) >= 11 is 0. The maximum atomic E-state index is 9.95. The fourth-order valence-corrected chi connectivity index (χ4v) is 19.2. The van der Waals surface area contributed by atoms with Crippen molar-refractivity contribution in [2.75, 3.05) is 14.7 Å². The maximum Gasteiger partial charge on any atom is 0.143 e. The van der Waals surface area contributed by atoms with Crippen LogP contribution in [0, 0.1) is 0 Å². The van der Waals surface area contributed by atoms with Gasteiger partial charge in [0.2, 0.25) is 0 Å². The minimum absolute atomic E-state index is 0.176. The number of hydrogen-bond donors (Lipinski definition) is 0. The van der Waals surface area contributed by atoms with Crippen LogP contribution < -0.4 is 14.7 Å². The molecule has 0 saturated carbocycles. The largest absolute Gasteiger partial charge is 0.455 e. The van der Waals surface area contributed by atoms with E-state index in [0.717, 1.165) is 122 Å². The van der Waals surface area contributed by atoms with Crippen LogP contribution in [-0.2, 0) is 0 Å². The van der Waals surface area contributed by atoms with Crippen molar-refractivity contribution in [1.82, 2.24) is 0 Å². The van der Waals surface area contributed by atoms with Crippen molar-refractivity contribution in [2.45, 2.75) is 0 Å². The molecule has 6 heteroatoms. The van der Waals surface area contributed by atoms with E-state index in [0.29, 0.717) is 10.5 Å². The predicted molar refractivity (Wildman–Crippen MR) is 608 cm³/mol. The molecule has 3 aromatic heterocycles. The van der Waals surface area contributed by atoms with Gasteiger partial charge in [0, 0.05) is 104 Å². The number of hydrogen-bond acceptors (Lipinski definition) is 6. The Morgan fingerprint density at radius 3 is 1.08 bits per heavy atom. The fourth-order valence-electron chi connectivity index (χ4n) is 19.2. The van der Waals surface area contributed by atoms with Crippen LogP contribution in [0.4, 0.5) is 51.2 Å². The summed E-state index contributed by atoms with van der Waals surface area (Å²) in [5.74, 6) is 0. The molecule has 0 saturated heterocycles. The lowest BCUT2D eigenvalue weighted by atomic mass is 9.97. The molecule has 6 nitrogen and oxygen atoms in total. The van der Waals surface area contributed by atoms with Crippen LogP contribution in [0.1, 0.15) is 46.6 Å². The molecule has 0 aliphatic rings. The zero-order valence-electron chi connectivity index (χ0n) is 110. The van der Waals surface area contributed by atoms with Gasteiger partial charge in [0.25, 0.3) is 0 Å². The first-order valence-electron chi connectivity index (χ1n) is 63.4. The molecule has 0 aliphatic heterocycles. The van der Waals surface area contributed by atoms with Gasteiger partial charge in [-0.15, -0.1) is 0 Å². The van der Waals surface area contributed by atoms with Gasteiger partial charge in [0.05, 0.1) is 63.7 Å². The van der Waals surface area contributed by atoms with Crippen LogP contribution in [0.5, 0.6) is 0 Å². The molecule has 676 valence electrons. The van der Waals surface area contributed by atoms with E-state index in [9.17, 15) is 13.7 Å². The Bertz CT molecular complexity index is 11800. The molecule has 144 heavy (non-hydrogen) atoms. The maximum absolute atomic E-state index is 9.95. The zero-order valence-corrected chi connectivity index (χ0v) is 76.0. The molecule has 0 fully saturated rings. The first-order valence-corrected chi connectivity index (χ1v) is 46.4. The van der Waals surface area contributed by atoms with Crippen molar-refractivity contribution in [3.05, 3.63) is 551 Å². The monoisotopic (exact) mass is 1870 g/mol. The van der Waals surface area contributed by atoms with Crippen molar-refractivity contribution < 1.29 is 59.9 Å². The van der Waals surface area contributed by atoms with Crippen molar-refractivity contribution in [3.63, 3.8) is 0 Å². The van der Waals surface area contributed by atoms with Crippen LogP contribution in [0.15, 0.2) is 564 Å². The highest BCUT2D eigenvalue weighted by Gasteiger charge is 2.27. The van der Waals surface area contributed by atoms with E-state index in [1.54, 1.807) is 0 Å². The van der Waals surface area contributed by atoms with E-state index in [1.165, 1.54) is 43.8 Å². The Kier molecular flexibility index (Phi) is 14.6. The average molecular weight is 1870 g/mol. The summed E-state index contributed by atoms with van der Waals surface area (Å²) in [5.41, 5.74) is 11.5. The molecule has 0 N–H and O–H groups in total. The van der Waals surface area contributed by atoms with E-state index in [2.05, 4.69) is 301 Å². The molecular weight excluding hydrogens is 1750 g/mol. The second-order valence-corrected chi connectivity index (χ2v) is 34.2. The number of anilines is 9. The Balaban J connectivity index is 0.000000132. The average Bonchev–Trinajstić information content (AvgIpc) is 1.47. The van der Waals surface area contributed by atoms with Crippen LogP contribution >= 0.6 is 0 Å². The quantitative estimate of drug-likeness (QED) is 0.0961. The van der Waals surface area contributed by atoms with E-state index in [1.807, 2.05) is 54.6 Å². The second-order valence-electron chi connectivity index (χ2n) is 34.2. The van der Waals surface area contributed by atoms with E-state index < -0.39 is 264 Å². The lowest BCUT2D eigenvalue weighted by Gasteiger charge is -2.27. The Hall–Kier alpha value is -19.1.